The molecule has 4 saturated carbocycles. The van der Waals surface area contributed by atoms with E-state index in [1.807, 2.05) is 0 Å². The van der Waals surface area contributed by atoms with Crippen LogP contribution in [0.15, 0.2) is 152 Å². The number of benzene rings is 7. The van der Waals surface area contributed by atoms with Crippen molar-refractivity contribution < 1.29 is 0 Å². The van der Waals surface area contributed by atoms with Crippen LogP contribution in [0.2, 0.25) is 0 Å². The number of hydrogen-bond donors (Lipinski definition) is 0. The fraction of sp³-hybridized carbons (Fsp3) is 0.311. The molecular formula is C61H55N. The summed E-state index contributed by atoms with van der Waals surface area (Å²) in [5.41, 5.74) is 24.0. The SMILES string of the molecule is CC1(C)c2ccccc2-c2ccc(N(c3ccc(-c4ccc5c(c4)-c4ccccc4C54CC5CCC6CC7CC4(C5)C7C6)cc3)c3ccc4c(c3)C(C)(C)c3ccccc3-4)cc21. The van der Waals surface area contributed by atoms with E-state index in [-0.39, 0.29) is 16.2 Å². The van der Waals surface area contributed by atoms with Crippen LogP contribution >= 0.6 is 0 Å². The second-order valence-electron chi connectivity index (χ2n) is 21.8. The van der Waals surface area contributed by atoms with E-state index in [2.05, 4.69) is 184 Å². The minimum absolute atomic E-state index is 0.0844. The van der Waals surface area contributed by atoms with Crippen LogP contribution in [0.4, 0.5) is 17.1 Å². The van der Waals surface area contributed by atoms with Crippen molar-refractivity contribution in [2.45, 2.75) is 88.9 Å². The van der Waals surface area contributed by atoms with Crippen LogP contribution in [0.25, 0.3) is 44.5 Å². The molecule has 304 valence electrons. The summed E-state index contributed by atoms with van der Waals surface area (Å²) in [6, 6.07) is 59.1. The second kappa shape index (κ2) is 12.1. The third-order valence-corrected chi connectivity index (χ3v) is 18.5. The van der Waals surface area contributed by atoms with E-state index in [1.54, 1.807) is 11.1 Å². The van der Waals surface area contributed by atoms with E-state index < -0.39 is 0 Å². The topological polar surface area (TPSA) is 3.24 Å². The van der Waals surface area contributed by atoms with Gasteiger partial charge in [0, 0.05) is 33.3 Å². The number of hydrogen-bond acceptors (Lipinski definition) is 1. The van der Waals surface area contributed by atoms with E-state index in [0.29, 0.717) is 5.41 Å². The zero-order chi connectivity index (χ0) is 41.3. The van der Waals surface area contributed by atoms with Crippen LogP contribution in [0.1, 0.15) is 106 Å². The molecule has 4 fully saturated rings. The monoisotopic (exact) mass is 801 g/mol. The first-order valence-corrected chi connectivity index (χ1v) is 23.8. The van der Waals surface area contributed by atoms with Gasteiger partial charge in [-0.15, -0.1) is 0 Å². The highest BCUT2D eigenvalue weighted by atomic mass is 15.1. The van der Waals surface area contributed by atoms with Gasteiger partial charge < -0.3 is 4.90 Å². The highest BCUT2D eigenvalue weighted by Gasteiger charge is 2.72. The van der Waals surface area contributed by atoms with Gasteiger partial charge in [0.25, 0.3) is 0 Å². The molecule has 1 heteroatoms. The maximum Gasteiger partial charge on any atom is 0.0465 e. The summed E-state index contributed by atoms with van der Waals surface area (Å²) < 4.78 is 0. The lowest BCUT2D eigenvalue weighted by molar-refractivity contribution is -0.0606. The van der Waals surface area contributed by atoms with Gasteiger partial charge in [-0.3, -0.25) is 0 Å². The fourth-order valence-electron chi connectivity index (χ4n) is 15.9. The van der Waals surface area contributed by atoms with Gasteiger partial charge in [-0.25, -0.2) is 0 Å². The number of rotatable bonds is 4. The largest absolute Gasteiger partial charge is 0.310 e. The zero-order valence-corrected chi connectivity index (χ0v) is 36.6. The summed E-state index contributed by atoms with van der Waals surface area (Å²) in [7, 11) is 0. The zero-order valence-electron chi connectivity index (χ0n) is 36.6. The molecule has 62 heavy (non-hydrogen) atoms. The molecule has 1 nitrogen and oxygen atoms in total. The Balaban J connectivity index is 0.881. The smallest absolute Gasteiger partial charge is 0.0465 e. The Hall–Kier alpha value is -5.66. The highest BCUT2D eigenvalue weighted by Crippen LogP contribution is 2.80. The van der Waals surface area contributed by atoms with Gasteiger partial charge in [0.1, 0.15) is 0 Å². The third kappa shape index (κ3) is 4.41. The lowest BCUT2D eigenvalue weighted by Crippen LogP contribution is -2.55. The van der Waals surface area contributed by atoms with Crippen molar-refractivity contribution in [3.63, 3.8) is 0 Å². The Morgan fingerprint density at radius 3 is 1.56 bits per heavy atom. The van der Waals surface area contributed by atoms with Crippen molar-refractivity contribution >= 4 is 17.1 Å². The molecule has 7 aromatic rings. The number of anilines is 3. The van der Waals surface area contributed by atoms with Gasteiger partial charge in [-0.05, 0) is 182 Å². The van der Waals surface area contributed by atoms with Crippen LogP contribution in [0, 0.1) is 29.1 Å². The van der Waals surface area contributed by atoms with Crippen molar-refractivity contribution in [2.24, 2.45) is 29.1 Å². The maximum atomic E-state index is 2.60. The summed E-state index contributed by atoms with van der Waals surface area (Å²) in [5.74, 6) is 3.75. The molecule has 2 spiro atoms. The van der Waals surface area contributed by atoms with Gasteiger partial charge in [0.15, 0.2) is 0 Å². The average Bonchev–Trinajstić information content (AvgIpc) is 4.05. The van der Waals surface area contributed by atoms with Crippen LogP contribution in [-0.4, -0.2) is 0 Å². The van der Waals surface area contributed by atoms with Crippen molar-refractivity contribution in [2.75, 3.05) is 4.90 Å². The summed E-state index contributed by atoms with van der Waals surface area (Å²) >= 11 is 0. The van der Waals surface area contributed by atoms with Crippen molar-refractivity contribution in [1.82, 2.24) is 0 Å². The van der Waals surface area contributed by atoms with Gasteiger partial charge in [0.2, 0.25) is 0 Å². The molecular weight excluding hydrogens is 747 g/mol. The highest BCUT2D eigenvalue weighted by molar-refractivity contribution is 5.90. The lowest BCUT2D eigenvalue weighted by atomic mass is 9.43. The summed E-state index contributed by atoms with van der Waals surface area (Å²) in [5, 5.41) is 0. The van der Waals surface area contributed by atoms with Crippen LogP contribution in [0.5, 0.6) is 0 Å². The van der Waals surface area contributed by atoms with Crippen LogP contribution in [0.3, 0.4) is 0 Å². The molecule has 4 bridgehead atoms. The Bertz CT molecular complexity index is 2950. The standard InChI is InChI=1S/C61H55N/c1-58(2)51-14-8-5-11-45(51)48-26-24-43(32-56(48)58)62(44-25-27-49-46-12-6-9-15-52(46)59(3,4)57(49)33-44)42-22-19-39(20-23-42)40-21-28-54-50(31-40)47-13-7-10-16-53(47)61(54)35-38-18-17-37-29-41-36-60(61,34-38)55(41)30-37/h5-16,19-28,31-33,37-38,41,55H,17-18,29-30,34-36H2,1-4H3. The minimum atomic E-state index is -0.0844. The molecule has 14 rings (SSSR count). The third-order valence-electron chi connectivity index (χ3n) is 18.5. The minimum Gasteiger partial charge on any atom is -0.310 e. The van der Waals surface area contributed by atoms with E-state index in [9.17, 15) is 0 Å². The second-order valence-corrected chi connectivity index (χ2v) is 21.8. The Morgan fingerprint density at radius 2 is 0.919 bits per heavy atom. The van der Waals surface area contributed by atoms with E-state index in [4.69, 9.17) is 0 Å². The lowest BCUT2D eigenvalue weighted by Gasteiger charge is -2.60. The first-order chi connectivity index (χ1) is 30.2. The Kier molecular flexibility index (Phi) is 6.99. The maximum absolute atomic E-state index is 2.60. The Morgan fingerprint density at radius 1 is 0.403 bits per heavy atom. The molecule has 6 atom stereocenters. The summed E-state index contributed by atoms with van der Waals surface area (Å²) in [6.07, 6.45) is 10.2. The summed E-state index contributed by atoms with van der Waals surface area (Å²) in [6.45, 7) is 9.56. The van der Waals surface area contributed by atoms with Crippen LogP contribution < -0.4 is 4.90 Å². The Labute approximate surface area is 367 Å². The molecule has 0 aromatic heterocycles. The normalized spacial score (nSPS) is 27.6. The van der Waals surface area contributed by atoms with E-state index in [1.165, 1.54) is 129 Å². The van der Waals surface area contributed by atoms with Gasteiger partial charge in [-0.2, -0.15) is 0 Å². The van der Waals surface area contributed by atoms with Crippen molar-refractivity contribution in [3.8, 4) is 44.5 Å². The molecule has 0 aliphatic heterocycles. The van der Waals surface area contributed by atoms with E-state index >= 15 is 0 Å². The molecule has 6 unspecified atom stereocenters. The molecule has 7 aliphatic carbocycles. The molecule has 0 saturated heterocycles. The molecule has 0 N–H and O–H groups in total. The van der Waals surface area contributed by atoms with Gasteiger partial charge in [0.05, 0.1) is 0 Å². The quantitative estimate of drug-likeness (QED) is 0.171. The predicted octanol–water partition coefficient (Wildman–Crippen LogP) is 15.9. The molecule has 0 radical (unpaired) electrons. The molecule has 7 aliphatic rings. The van der Waals surface area contributed by atoms with Crippen LogP contribution in [-0.2, 0) is 16.2 Å². The summed E-state index contributed by atoms with van der Waals surface area (Å²) in [4.78, 5) is 2.51. The first-order valence-electron chi connectivity index (χ1n) is 23.8. The van der Waals surface area contributed by atoms with Crippen molar-refractivity contribution in [1.29, 1.82) is 0 Å². The number of nitrogens with zero attached hydrogens (tertiary/aromatic N) is 1. The molecule has 7 aromatic carbocycles. The predicted molar refractivity (Wildman–Crippen MR) is 257 cm³/mol. The average molecular weight is 802 g/mol. The number of fused-ring (bicyclic) bond motifs is 13. The fourth-order valence-corrected chi connectivity index (χ4v) is 15.9. The first kappa shape index (κ1) is 35.9. The van der Waals surface area contributed by atoms with Gasteiger partial charge >= 0.3 is 0 Å². The van der Waals surface area contributed by atoms with Crippen molar-refractivity contribution in [3.05, 3.63) is 185 Å². The molecule has 0 heterocycles. The molecule has 0 amide bonds. The van der Waals surface area contributed by atoms with Gasteiger partial charge in [-0.1, -0.05) is 150 Å². The van der Waals surface area contributed by atoms with E-state index in [0.717, 1.165) is 23.7 Å².